The van der Waals surface area contributed by atoms with Crippen molar-refractivity contribution in [2.24, 2.45) is 0 Å². The maximum Gasteiger partial charge on any atom is 0.258 e. The quantitative estimate of drug-likeness (QED) is 0.767. The molecule has 0 spiro atoms. The summed E-state index contributed by atoms with van der Waals surface area (Å²) < 4.78 is 6.81. The SMILES string of the molecule is O=C(CCNC(=O)Cn1ccc2ccccc2c1=O)NCC1CCCO1. The third-order valence-electron chi connectivity index (χ3n) is 4.43. The summed E-state index contributed by atoms with van der Waals surface area (Å²) >= 11 is 0. The van der Waals surface area contributed by atoms with E-state index in [0.29, 0.717) is 11.9 Å². The Morgan fingerprint density at radius 3 is 2.81 bits per heavy atom. The minimum atomic E-state index is -0.297. The Kier molecular flexibility index (Phi) is 6.01. The number of hydrogen-bond acceptors (Lipinski definition) is 4. The highest BCUT2D eigenvalue weighted by Crippen LogP contribution is 2.10. The van der Waals surface area contributed by atoms with Gasteiger partial charge in [0.15, 0.2) is 0 Å². The van der Waals surface area contributed by atoms with Crippen molar-refractivity contribution in [1.29, 1.82) is 0 Å². The van der Waals surface area contributed by atoms with Crippen LogP contribution in [0.2, 0.25) is 0 Å². The second kappa shape index (κ2) is 8.62. The highest BCUT2D eigenvalue weighted by molar-refractivity contribution is 5.82. The number of amides is 2. The van der Waals surface area contributed by atoms with Gasteiger partial charge in [0.1, 0.15) is 6.54 Å². The predicted octanol–water partition coefficient (Wildman–Crippen LogP) is 0.803. The minimum absolute atomic E-state index is 0.0683. The van der Waals surface area contributed by atoms with Crippen LogP contribution in [0.15, 0.2) is 41.3 Å². The molecule has 1 aromatic heterocycles. The molecule has 1 unspecified atom stereocenters. The molecular weight excluding hydrogens is 334 g/mol. The third kappa shape index (κ3) is 4.70. The van der Waals surface area contributed by atoms with Crippen LogP contribution >= 0.6 is 0 Å². The Labute approximate surface area is 151 Å². The molecule has 2 amide bonds. The van der Waals surface area contributed by atoms with E-state index in [2.05, 4.69) is 10.6 Å². The second-order valence-electron chi connectivity index (χ2n) is 6.38. The fourth-order valence-electron chi connectivity index (χ4n) is 3.00. The van der Waals surface area contributed by atoms with Crippen LogP contribution < -0.4 is 16.2 Å². The zero-order valence-electron chi connectivity index (χ0n) is 14.6. The maximum atomic E-state index is 12.4. The molecule has 138 valence electrons. The largest absolute Gasteiger partial charge is 0.376 e. The monoisotopic (exact) mass is 357 g/mol. The summed E-state index contributed by atoms with van der Waals surface area (Å²) in [5.41, 5.74) is -0.201. The van der Waals surface area contributed by atoms with Gasteiger partial charge >= 0.3 is 0 Å². The summed E-state index contributed by atoms with van der Waals surface area (Å²) in [6.45, 7) is 1.43. The van der Waals surface area contributed by atoms with Gasteiger partial charge < -0.3 is 19.9 Å². The summed E-state index contributed by atoms with van der Waals surface area (Å²) in [6, 6.07) is 9.06. The number of pyridine rings is 1. The molecule has 7 nitrogen and oxygen atoms in total. The van der Waals surface area contributed by atoms with Crippen LogP contribution in [-0.2, 0) is 20.9 Å². The Bertz CT molecular complexity index is 840. The minimum Gasteiger partial charge on any atom is -0.376 e. The number of nitrogens with zero attached hydrogens (tertiary/aromatic N) is 1. The summed E-state index contributed by atoms with van der Waals surface area (Å²) in [6.07, 6.45) is 3.92. The lowest BCUT2D eigenvalue weighted by molar-refractivity contribution is -0.122. The average molecular weight is 357 g/mol. The Morgan fingerprint density at radius 1 is 1.15 bits per heavy atom. The molecule has 1 fully saturated rings. The fraction of sp³-hybridized carbons (Fsp3) is 0.421. The van der Waals surface area contributed by atoms with Gasteiger partial charge in [-0.15, -0.1) is 0 Å². The van der Waals surface area contributed by atoms with Gasteiger partial charge in [-0.1, -0.05) is 18.2 Å². The first-order valence-corrected chi connectivity index (χ1v) is 8.86. The van der Waals surface area contributed by atoms with Crippen molar-refractivity contribution in [3.05, 3.63) is 46.9 Å². The average Bonchev–Trinajstić information content (AvgIpc) is 3.16. The molecule has 2 heterocycles. The molecule has 1 atom stereocenters. The third-order valence-corrected chi connectivity index (χ3v) is 4.43. The van der Waals surface area contributed by atoms with Gasteiger partial charge in [0.05, 0.1) is 6.10 Å². The van der Waals surface area contributed by atoms with E-state index in [1.54, 1.807) is 18.3 Å². The molecule has 1 aliphatic heterocycles. The van der Waals surface area contributed by atoms with E-state index in [1.807, 2.05) is 18.2 Å². The first-order valence-electron chi connectivity index (χ1n) is 8.86. The highest BCUT2D eigenvalue weighted by atomic mass is 16.5. The zero-order valence-corrected chi connectivity index (χ0v) is 14.6. The van der Waals surface area contributed by atoms with Crippen molar-refractivity contribution in [2.75, 3.05) is 19.7 Å². The number of fused-ring (bicyclic) bond motifs is 1. The molecule has 26 heavy (non-hydrogen) atoms. The molecule has 3 rings (SSSR count). The predicted molar refractivity (Wildman–Crippen MR) is 97.8 cm³/mol. The van der Waals surface area contributed by atoms with Gasteiger partial charge in [-0.3, -0.25) is 14.4 Å². The maximum absolute atomic E-state index is 12.4. The molecule has 1 saturated heterocycles. The number of rotatable bonds is 7. The number of aromatic nitrogens is 1. The number of ether oxygens (including phenoxy) is 1. The standard InChI is InChI=1S/C19H23N3O4/c23-17(21-12-15-5-3-11-26-15)7-9-20-18(24)13-22-10-8-14-4-1-2-6-16(14)19(22)25/h1-2,4,6,8,10,15H,3,5,7,9,11-13H2,(H,20,24)(H,21,23). The lowest BCUT2D eigenvalue weighted by atomic mass is 10.2. The first kappa shape index (κ1) is 18.1. The summed E-state index contributed by atoms with van der Waals surface area (Å²) in [5, 5.41) is 6.91. The van der Waals surface area contributed by atoms with Crippen LogP contribution in [0.25, 0.3) is 10.8 Å². The van der Waals surface area contributed by atoms with Crippen LogP contribution in [-0.4, -0.2) is 42.2 Å². The molecule has 0 aliphatic carbocycles. The normalized spacial score (nSPS) is 16.5. The van der Waals surface area contributed by atoms with Crippen molar-refractivity contribution in [3.8, 4) is 0 Å². The number of carbonyl (C=O) groups excluding carboxylic acids is 2. The van der Waals surface area contributed by atoms with Gasteiger partial charge in [0.2, 0.25) is 11.8 Å². The highest BCUT2D eigenvalue weighted by Gasteiger charge is 2.16. The lowest BCUT2D eigenvalue weighted by Crippen LogP contribution is -2.36. The van der Waals surface area contributed by atoms with Crippen LogP contribution in [0.3, 0.4) is 0 Å². The smallest absolute Gasteiger partial charge is 0.258 e. The van der Waals surface area contributed by atoms with Crippen molar-refractivity contribution in [2.45, 2.75) is 31.9 Å². The van der Waals surface area contributed by atoms with E-state index < -0.39 is 0 Å². The van der Waals surface area contributed by atoms with Gasteiger partial charge in [-0.2, -0.15) is 0 Å². The van der Waals surface area contributed by atoms with E-state index in [4.69, 9.17) is 4.74 Å². The lowest BCUT2D eigenvalue weighted by Gasteiger charge is -2.11. The van der Waals surface area contributed by atoms with E-state index in [1.165, 1.54) is 4.57 Å². The van der Waals surface area contributed by atoms with Crippen molar-refractivity contribution < 1.29 is 14.3 Å². The van der Waals surface area contributed by atoms with Gasteiger partial charge in [0, 0.05) is 37.7 Å². The summed E-state index contributed by atoms with van der Waals surface area (Å²) in [4.78, 5) is 36.2. The van der Waals surface area contributed by atoms with Gasteiger partial charge in [-0.05, 0) is 30.4 Å². The topological polar surface area (TPSA) is 89.4 Å². The zero-order chi connectivity index (χ0) is 18.4. The van der Waals surface area contributed by atoms with E-state index >= 15 is 0 Å². The number of carbonyl (C=O) groups is 2. The molecule has 1 aromatic carbocycles. The molecule has 7 heteroatoms. The van der Waals surface area contributed by atoms with E-state index in [9.17, 15) is 14.4 Å². The summed E-state index contributed by atoms with van der Waals surface area (Å²) in [5.74, 6) is -0.419. The molecule has 2 N–H and O–H groups in total. The fourth-order valence-corrected chi connectivity index (χ4v) is 3.00. The van der Waals surface area contributed by atoms with E-state index in [0.717, 1.165) is 24.8 Å². The molecule has 0 radical (unpaired) electrons. The van der Waals surface area contributed by atoms with Crippen LogP contribution in [0, 0.1) is 0 Å². The second-order valence-corrected chi connectivity index (χ2v) is 6.38. The molecule has 1 aliphatic rings. The number of hydrogen-bond donors (Lipinski definition) is 2. The van der Waals surface area contributed by atoms with Crippen molar-refractivity contribution in [1.82, 2.24) is 15.2 Å². The Morgan fingerprint density at radius 2 is 2.00 bits per heavy atom. The Balaban J connectivity index is 1.43. The van der Waals surface area contributed by atoms with Crippen molar-refractivity contribution in [3.63, 3.8) is 0 Å². The van der Waals surface area contributed by atoms with E-state index in [-0.39, 0.29) is 43.0 Å². The van der Waals surface area contributed by atoms with Crippen LogP contribution in [0.4, 0.5) is 0 Å². The molecule has 0 saturated carbocycles. The molecular formula is C19H23N3O4. The van der Waals surface area contributed by atoms with Crippen LogP contribution in [0.5, 0.6) is 0 Å². The van der Waals surface area contributed by atoms with Gasteiger partial charge in [0.25, 0.3) is 5.56 Å². The number of nitrogens with one attached hydrogen (secondary N) is 2. The molecule has 2 aromatic rings. The number of benzene rings is 1. The molecule has 0 bridgehead atoms. The van der Waals surface area contributed by atoms with Crippen molar-refractivity contribution >= 4 is 22.6 Å². The Hall–Kier alpha value is -2.67. The van der Waals surface area contributed by atoms with Gasteiger partial charge in [-0.25, -0.2) is 0 Å². The first-order chi connectivity index (χ1) is 12.6. The van der Waals surface area contributed by atoms with Crippen LogP contribution in [0.1, 0.15) is 19.3 Å². The summed E-state index contributed by atoms with van der Waals surface area (Å²) in [7, 11) is 0.